The molecule has 2 unspecified atom stereocenters. The molecule has 0 aliphatic carbocycles. The van der Waals surface area contributed by atoms with Crippen LogP contribution in [0.4, 0.5) is 4.39 Å². The lowest BCUT2D eigenvalue weighted by Gasteiger charge is -2.22. The number of ether oxygens (including phenoxy) is 2. The Morgan fingerprint density at radius 2 is 1.97 bits per heavy atom. The van der Waals surface area contributed by atoms with Crippen molar-refractivity contribution in [2.24, 2.45) is 0 Å². The van der Waals surface area contributed by atoms with Crippen molar-refractivity contribution in [3.8, 4) is 5.75 Å². The van der Waals surface area contributed by atoms with Crippen molar-refractivity contribution in [3.63, 3.8) is 0 Å². The van der Waals surface area contributed by atoms with E-state index in [1.165, 1.54) is 30.3 Å². The molecule has 0 spiro atoms. The number of aromatic nitrogens is 2. The van der Waals surface area contributed by atoms with Crippen molar-refractivity contribution in [2.75, 3.05) is 13.7 Å². The number of para-hydroxylation sites is 1. The van der Waals surface area contributed by atoms with Crippen molar-refractivity contribution in [1.82, 2.24) is 14.5 Å². The molecule has 1 aromatic carbocycles. The molecule has 0 N–H and O–H groups in total. The molecular formula is C24H24FN3O5. The Hall–Kier alpha value is -3.75. The number of amides is 1. The second-order valence-corrected chi connectivity index (χ2v) is 7.88. The number of benzene rings is 1. The number of carbonyl (C=O) groups is 2. The van der Waals surface area contributed by atoms with E-state index in [1.807, 2.05) is 13.8 Å². The van der Waals surface area contributed by atoms with Gasteiger partial charge in [0.05, 0.1) is 19.0 Å². The molecule has 0 saturated carbocycles. The molecular weight excluding hydrogens is 429 g/mol. The Morgan fingerprint density at radius 1 is 1.21 bits per heavy atom. The smallest absolute Gasteiger partial charge is 0.328 e. The first-order chi connectivity index (χ1) is 15.8. The van der Waals surface area contributed by atoms with Gasteiger partial charge in [-0.2, -0.15) is 0 Å². The maximum atomic E-state index is 14.1. The first-order valence-electron chi connectivity index (χ1n) is 10.6. The van der Waals surface area contributed by atoms with Crippen molar-refractivity contribution in [2.45, 2.75) is 39.0 Å². The number of fused-ring (bicyclic) bond motifs is 1. The summed E-state index contributed by atoms with van der Waals surface area (Å²) in [7, 11) is 1.23. The van der Waals surface area contributed by atoms with Gasteiger partial charge in [-0.1, -0.05) is 12.1 Å². The van der Waals surface area contributed by atoms with E-state index in [0.29, 0.717) is 17.6 Å². The molecule has 9 heteroatoms. The van der Waals surface area contributed by atoms with Gasteiger partial charge >= 0.3 is 5.97 Å². The third-order valence-electron chi connectivity index (χ3n) is 5.76. The number of nitrogens with zero attached hydrogens (tertiary/aromatic N) is 3. The molecule has 4 rings (SSSR count). The quantitative estimate of drug-likeness (QED) is 0.552. The number of carbonyl (C=O) groups excluding carboxylic acids is 2. The first-order valence-corrected chi connectivity index (χ1v) is 10.6. The van der Waals surface area contributed by atoms with Gasteiger partial charge in [0.2, 0.25) is 5.43 Å². The number of methoxy groups -OCH3 is 1. The summed E-state index contributed by atoms with van der Waals surface area (Å²) in [6.45, 7) is 4.20. The van der Waals surface area contributed by atoms with Gasteiger partial charge in [0, 0.05) is 24.9 Å². The van der Waals surface area contributed by atoms with Crippen LogP contribution in [0.3, 0.4) is 0 Å². The van der Waals surface area contributed by atoms with Gasteiger partial charge in [0.25, 0.3) is 5.91 Å². The fourth-order valence-corrected chi connectivity index (χ4v) is 4.09. The SMILES string of the molecule is CCn1cc(C(=O)N2CC(Oc3ccccc3F)CC2C(=O)OC)c(=O)c2ccc(C)nc21. The Kier molecular flexibility index (Phi) is 6.13. The van der Waals surface area contributed by atoms with Gasteiger partial charge in [-0.05, 0) is 38.1 Å². The molecule has 3 heterocycles. The second kappa shape index (κ2) is 9.01. The lowest BCUT2D eigenvalue weighted by Crippen LogP contribution is -2.43. The minimum Gasteiger partial charge on any atom is -0.485 e. The highest BCUT2D eigenvalue weighted by molar-refractivity contribution is 5.99. The minimum absolute atomic E-state index is 0.00266. The van der Waals surface area contributed by atoms with Crippen molar-refractivity contribution in [3.05, 3.63) is 69.9 Å². The van der Waals surface area contributed by atoms with Crippen molar-refractivity contribution >= 4 is 22.9 Å². The summed E-state index contributed by atoms with van der Waals surface area (Å²) < 4.78 is 26.4. The number of halogens is 1. The summed E-state index contributed by atoms with van der Waals surface area (Å²) in [6.07, 6.45) is 0.940. The summed E-state index contributed by atoms with van der Waals surface area (Å²) in [6, 6.07) is 8.32. The maximum Gasteiger partial charge on any atom is 0.328 e. The predicted molar refractivity (Wildman–Crippen MR) is 119 cm³/mol. The van der Waals surface area contributed by atoms with Gasteiger partial charge in [-0.15, -0.1) is 0 Å². The number of hydrogen-bond acceptors (Lipinski definition) is 6. The largest absolute Gasteiger partial charge is 0.485 e. The monoisotopic (exact) mass is 453 g/mol. The van der Waals surface area contributed by atoms with E-state index in [2.05, 4.69) is 4.98 Å². The van der Waals surface area contributed by atoms with E-state index in [4.69, 9.17) is 9.47 Å². The van der Waals surface area contributed by atoms with Gasteiger partial charge in [-0.3, -0.25) is 9.59 Å². The highest BCUT2D eigenvalue weighted by Gasteiger charge is 2.42. The normalized spacial score (nSPS) is 17.9. The lowest BCUT2D eigenvalue weighted by atomic mass is 10.1. The van der Waals surface area contributed by atoms with Crippen LogP contribution in [0.1, 0.15) is 29.4 Å². The van der Waals surface area contributed by atoms with Crippen LogP contribution in [-0.4, -0.2) is 52.1 Å². The number of pyridine rings is 2. The minimum atomic E-state index is -0.958. The van der Waals surface area contributed by atoms with Crippen LogP contribution < -0.4 is 10.2 Å². The van der Waals surface area contributed by atoms with Crippen LogP contribution in [0.15, 0.2) is 47.4 Å². The van der Waals surface area contributed by atoms with E-state index >= 15 is 0 Å². The van der Waals surface area contributed by atoms with E-state index in [9.17, 15) is 18.8 Å². The summed E-state index contributed by atoms with van der Waals surface area (Å²) in [5.74, 6) is -1.75. The van der Waals surface area contributed by atoms with Gasteiger partial charge in [0.1, 0.15) is 23.4 Å². The Bertz CT molecular complexity index is 1290. The average Bonchev–Trinajstić information content (AvgIpc) is 3.23. The lowest BCUT2D eigenvalue weighted by molar-refractivity contribution is -0.145. The van der Waals surface area contributed by atoms with Crippen molar-refractivity contribution < 1.29 is 23.5 Å². The highest BCUT2D eigenvalue weighted by atomic mass is 19.1. The summed E-state index contributed by atoms with van der Waals surface area (Å²) in [5, 5.41) is 0.321. The molecule has 2 aromatic heterocycles. The third-order valence-corrected chi connectivity index (χ3v) is 5.76. The van der Waals surface area contributed by atoms with Crippen LogP contribution in [0.5, 0.6) is 5.75 Å². The molecule has 0 radical (unpaired) electrons. The van der Waals surface area contributed by atoms with Gasteiger partial charge in [-0.25, -0.2) is 14.2 Å². The van der Waals surface area contributed by atoms with Crippen LogP contribution in [0.25, 0.3) is 11.0 Å². The Labute approximate surface area is 189 Å². The zero-order valence-corrected chi connectivity index (χ0v) is 18.6. The average molecular weight is 453 g/mol. The maximum absolute atomic E-state index is 14.1. The van der Waals surface area contributed by atoms with E-state index < -0.39 is 35.3 Å². The first kappa shape index (κ1) is 22.4. The Morgan fingerprint density at radius 3 is 2.67 bits per heavy atom. The molecule has 3 aromatic rings. The fourth-order valence-electron chi connectivity index (χ4n) is 4.09. The van der Waals surface area contributed by atoms with E-state index in [1.54, 1.807) is 28.8 Å². The summed E-state index contributed by atoms with van der Waals surface area (Å²) >= 11 is 0. The van der Waals surface area contributed by atoms with Crippen LogP contribution >= 0.6 is 0 Å². The van der Waals surface area contributed by atoms with Crippen LogP contribution in [0, 0.1) is 12.7 Å². The molecule has 172 valence electrons. The number of hydrogen-bond donors (Lipinski definition) is 0. The van der Waals surface area contributed by atoms with Crippen LogP contribution in [0.2, 0.25) is 0 Å². The van der Waals surface area contributed by atoms with Gasteiger partial charge < -0.3 is 18.9 Å². The molecule has 0 bridgehead atoms. The van der Waals surface area contributed by atoms with Gasteiger partial charge in [0.15, 0.2) is 11.6 Å². The van der Waals surface area contributed by atoms with Crippen molar-refractivity contribution in [1.29, 1.82) is 0 Å². The summed E-state index contributed by atoms with van der Waals surface area (Å²) in [5.41, 5.74) is 0.706. The number of esters is 1. The topological polar surface area (TPSA) is 90.7 Å². The van der Waals surface area contributed by atoms with E-state index in [0.717, 1.165) is 5.69 Å². The molecule has 1 aliphatic heterocycles. The third kappa shape index (κ3) is 4.18. The fraction of sp³-hybridized carbons (Fsp3) is 0.333. The molecule has 1 amide bonds. The molecule has 1 saturated heterocycles. The Balaban J connectivity index is 1.71. The number of rotatable bonds is 5. The molecule has 2 atom stereocenters. The summed E-state index contributed by atoms with van der Waals surface area (Å²) in [4.78, 5) is 44.8. The molecule has 1 fully saturated rings. The second-order valence-electron chi connectivity index (χ2n) is 7.88. The number of aryl methyl sites for hydroxylation is 2. The standard InChI is InChI=1S/C24H24FN3O5/c1-4-27-13-17(21(29)16-10-9-14(2)26-22(16)27)23(30)28-12-15(11-19(28)24(31)32-3)33-20-8-6-5-7-18(20)25/h5-10,13,15,19H,4,11-12H2,1-3H3. The molecule has 33 heavy (non-hydrogen) atoms. The van der Waals surface area contributed by atoms with Crippen LogP contribution in [-0.2, 0) is 16.1 Å². The number of likely N-dealkylation sites (tertiary alicyclic amines) is 1. The predicted octanol–water partition coefficient (Wildman–Crippen LogP) is 2.70. The zero-order chi connectivity index (χ0) is 23.7. The molecule has 1 aliphatic rings. The zero-order valence-electron chi connectivity index (χ0n) is 18.6. The highest BCUT2D eigenvalue weighted by Crippen LogP contribution is 2.27. The van der Waals surface area contributed by atoms with E-state index in [-0.39, 0.29) is 24.3 Å². The molecule has 8 nitrogen and oxygen atoms in total.